The maximum Gasteiger partial charge on any atom is 0.271 e. The van der Waals surface area contributed by atoms with Crippen LogP contribution in [0.3, 0.4) is 0 Å². The normalized spacial score (nSPS) is 15.8. The standard InChI is InChI=1S/C34H26N2O6S/c1-40-20-12-15-27(41-2)26(17-20)31-25-14-11-19-7-3-4-8-22(19)30(25)35-34-36(31)32(37)29(43-34)18-21-13-16-28(42-21)23-9-5-6-10-24(23)33(38)39/h3-10,12-13,15-18,31H,11,14H2,1-2H3,(H,38,39)/p-1/t31-/m0/s1. The highest BCUT2D eigenvalue weighted by atomic mass is 32.1. The summed E-state index contributed by atoms with van der Waals surface area (Å²) in [6.07, 6.45) is 3.25. The summed E-state index contributed by atoms with van der Waals surface area (Å²) in [5.41, 5.74) is 5.25. The van der Waals surface area contributed by atoms with Gasteiger partial charge in [0, 0.05) is 28.3 Å². The average Bonchev–Trinajstić information content (AvgIpc) is 3.63. The van der Waals surface area contributed by atoms with Gasteiger partial charge in [0.15, 0.2) is 4.80 Å². The summed E-state index contributed by atoms with van der Waals surface area (Å²) in [5.74, 6) is 0.798. The number of methoxy groups -OCH3 is 2. The maximum absolute atomic E-state index is 14.2. The van der Waals surface area contributed by atoms with Gasteiger partial charge in [0.05, 0.1) is 36.5 Å². The minimum atomic E-state index is -1.29. The molecular formula is C34H25N2O6S-. The number of allylic oxidation sites excluding steroid dienone is 1. The molecule has 0 fully saturated rings. The van der Waals surface area contributed by atoms with E-state index in [1.807, 2.05) is 30.3 Å². The monoisotopic (exact) mass is 589 g/mol. The van der Waals surface area contributed by atoms with Crippen molar-refractivity contribution in [2.75, 3.05) is 14.2 Å². The molecule has 3 heterocycles. The number of furan rings is 1. The molecule has 0 saturated heterocycles. The van der Waals surface area contributed by atoms with Gasteiger partial charge < -0.3 is 23.8 Å². The van der Waals surface area contributed by atoms with E-state index in [2.05, 4.69) is 12.1 Å². The van der Waals surface area contributed by atoms with Crippen LogP contribution in [0.4, 0.5) is 0 Å². The van der Waals surface area contributed by atoms with Gasteiger partial charge in [0.25, 0.3) is 5.56 Å². The van der Waals surface area contributed by atoms with Crippen molar-refractivity contribution in [3.8, 4) is 22.8 Å². The van der Waals surface area contributed by atoms with Crippen LogP contribution in [0.5, 0.6) is 11.5 Å². The molecule has 8 nitrogen and oxygen atoms in total. The number of aromatic nitrogens is 1. The summed E-state index contributed by atoms with van der Waals surface area (Å²) < 4.78 is 19.5. The van der Waals surface area contributed by atoms with Gasteiger partial charge >= 0.3 is 0 Å². The lowest BCUT2D eigenvalue weighted by molar-refractivity contribution is -0.254. The Morgan fingerprint density at radius 3 is 2.58 bits per heavy atom. The molecule has 0 bridgehead atoms. The minimum absolute atomic E-state index is 0.0286. The Labute approximate surface area is 250 Å². The highest BCUT2D eigenvalue weighted by Gasteiger charge is 2.34. The number of aryl methyl sites for hydroxylation is 1. The first-order valence-corrected chi connectivity index (χ1v) is 14.5. The molecule has 9 heteroatoms. The molecule has 0 N–H and O–H groups in total. The number of benzene rings is 3. The first kappa shape index (κ1) is 26.7. The number of hydrogen-bond acceptors (Lipinski definition) is 8. The van der Waals surface area contributed by atoms with E-state index in [1.165, 1.54) is 23.0 Å². The lowest BCUT2D eigenvalue weighted by Gasteiger charge is -2.31. The summed E-state index contributed by atoms with van der Waals surface area (Å²) >= 11 is 1.28. The van der Waals surface area contributed by atoms with E-state index in [1.54, 1.807) is 55.2 Å². The predicted molar refractivity (Wildman–Crippen MR) is 161 cm³/mol. The van der Waals surface area contributed by atoms with Crippen LogP contribution in [0.15, 0.2) is 98.6 Å². The van der Waals surface area contributed by atoms with E-state index in [9.17, 15) is 14.7 Å². The van der Waals surface area contributed by atoms with Gasteiger partial charge in [0.2, 0.25) is 0 Å². The number of carboxylic acids is 1. The molecular weight excluding hydrogens is 564 g/mol. The van der Waals surface area contributed by atoms with Gasteiger partial charge in [-0.05, 0) is 54.3 Å². The van der Waals surface area contributed by atoms with Crippen molar-refractivity contribution in [3.63, 3.8) is 0 Å². The second-order valence-corrected chi connectivity index (χ2v) is 11.3. The number of carboxylic acid groups (broad SMARTS) is 1. The van der Waals surface area contributed by atoms with E-state index in [-0.39, 0.29) is 11.1 Å². The average molecular weight is 590 g/mol. The molecule has 43 heavy (non-hydrogen) atoms. The summed E-state index contributed by atoms with van der Waals surface area (Å²) in [7, 11) is 3.23. The van der Waals surface area contributed by atoms with E-state index in [0.29, 0.717) is 37.9 Å². The third kappa shape index (κ3) is 4.49. The second-order valence-electron chi connectivity index (χ2n) is 10.3. The number of rotatable bonds is 6. The molecule has 7 rings (SSSR count). The molecule has 0 saturated carbocycles. The fourth-order valence-electron chi connectivity index (χ4n) is 5.93. The van der Waals surface area contributed by atoms with Gasteiger partial charge in [-0.1, -0.05) is 59.9 Å². The van der Waals surface area contributed by atoms with Crippen LogP contribution in [0.1, 0.15) is 45.3 Å². The lowest BCUT2D eigenvalue weighted by atomic mass is 9.83. The number of aromatic carboxylic acids is 1. The zero-order valence-electron chi connectivity index (χ0n) is 23.3. The first-order valence-electron chi connectivity index (χ1n) is 13.7. The first-order chi connectivity index (χ1) is 21.0. The molecule has 3 aromatic carbocycles. The van der Waals surface area contributed by atoms with E-state index >= 15 is 0 Å². The number of fused-ring (bicyclic) bond motifs is 3. The third-order valence-electron chi connectivity index (χ3n) is 7.92. The van der Waals surface area contributed by atoms with Crippen LogP contribution in [-0.4, -0.2) is 24.8 Å². The van der Waals surface area contributed by atoms with Gasteiger partial charge in [-0.2, -0.15) is 0 Å². The van der Waals surface area contributed by atoms with Crippen LogP contribution in [0, 0.1) is 0 Å². The Bertz CT molecular complexity index is 2130. The number of carbonyl (C=O) groups excluding carboxylic acids is 1. The highest BCUT2D eigenvalue weighted by molar-refractivity contribution is 7.07. The fourth-order valence-corrected chi connectivity index (χ4v) is 6.91. The molecule has 1 aliphatic carbocycles. The smallest absolute Gasteiger partial charge is 0.271 e. The van der Waals surface area contributed by atoms with Crippen molar-refractivity contribution in [1.29, 1.82) is 0 Å². The lowest BCUT2D eigenvalue weighted by Crippen LogP contribution is -2.39. The number of ether oxygens (including phenoxy) is 2. The van der Waals surface area contributed by atoms with Crippen molar-refractivity contribution in [2.24, 2.45) is 4.99 Å². The highest BCUT2D eigenvalue weighted by Crippen LogP contribution is 2.44. The molecule has 1 atom stereocenters. The molecule has 0 unspecified atom stereocenters. The topological polar surface area (TPSA) is 106 Å². The Morgan fingerprint density at radius 1 is 1.00 bits per heavy atom. The SMILES string of the molecule is COc1ccc(OC)c([C@@H]2C3=C(N=c4sc(=Cc5ccc(-c6ccccc6C(=O)[O-])o5)c(=O)n42)c2ccccc2CC3)c1. The maximum atomic E-state index is 14.2. The molecule has 1 aliphatic heterocycles. The van der Waals surface area contributed by atoms with Crippen LogP contribution < -0.4 is 29.5 Å². The molecule has 0 radical (unpaired) electrons. The van der Waals surface area contributed by atoms with E-state index < -0.39 is 12.0 Å². The molecule has 0 spiro atoms. The van der Waals surface area contributed by atoms with Crippen LogP contribution in [0.25, 0.3) is 23.1 Å². The zero-order chi connectivity index (χ0) is 29.7. The zero-order valence-corrected chi connectivity index (χ0v) is 24.1. The van der Waals surface area contributed by atoms with E-state index in [0.717, 1.165) is 35.2 Å². The van der Waals surface area contributed by atoms with Gasteiger partial charge in [-0.25, -0.2) is 4.99 Å². The van der Waals surface area contributed by atoms with Crippen LogP contribution >= 0.6 is 11.3 Å². The number of hydrogen-bond donors (Lipinski definition) is 0. The molecule has 2 aromatic heterocycles. The number of carbonyl (C=O) groups is 1. The Balaban J connectivity index is 1.42. The van der Waals surface area contributed by atoms with Gasteiger partial charge in [-0.15, -0.1) is 0 Å². The van der Waals surface area contributed by atoms with Crippen molar-refractivity contribution >= 4 is 29.1 Å². The van der Waals surface area contributed by atoms with Crippen LogP contribution in [0.2, 0.25) is 0 Å². The summed E-state index contributed by atoms with van der Waals surface area (Å²) in [4.78, 5) is 31.4. The number of nitrogens with zero attached hydrogens (tertiary/aromatic N) is 2. The summed E-state index contributed by atoms with van der Waals surface area (Å²) in [6.45, 7) is 0. The summed E-state index contributed by atoms with van der Waals surface area (Å²) in [6, 6.07) is 23.3. The van der Waals surface area contributed by atoms with Crippen LogP contribution in [-0.2, 0) is 6.42 Å². The largest absolute Gasteiger partial charge is 0.545 e. The molecule has 0 amide bonds. The van der Waals surface area contributed by atoms with Gasteiger partial charge in [-0.3, -0.25) is 9.36 Å². The minimum Gasteiger partial charge on any atom is -0.545 e. The Kier molecular flexibility index (Phi) is 6.59. The third-order valence-corrected chi connectivity index (χ3v) is 8.90. The quantitative estimate of drug-likeness (QED) is 0.297. The second kappa shape index (κ2) is 10.6. The fraction of sp³-hybridized carbons (Fsp3) is 0.147. The van der Waals surface area contributed by atoms with E-state index in [4.69, 9.17) is 18.9 Å². The summed E-state index contributed by atoms with van der Waals surface area (Å²) in [5, 5.41) is 11.6. The van der Waals surface area contributed by atoms with Crippen molar-refractivity contribution < 1.29 is 23.8 Å². The Hall–Kier alpha value is -5.15. The number of thiazole rings is 1. The Morgan fingerprint density at radius 2 is 1.79 bits per heavy atom. The van der Waals surface area contributed by atoms with Crippen molar-refractivity contribution in [3.05, 3.63) is 132 Å². The van der Waals surface area contributed by atoms with Crippen molar-refractivity contribution in [1.82, 2.24) is 4.57 Å². The molecule has 2 aliphatic rings. The molecule has 214 valence electrons. The molecule has 5 aromatic rings. The van der Waals surface area contributed by atoms with Gasteiger partial charge in [0.1, 0.15) is 23.0 Å². The predicted octanol–water partition coefficient (Wildman–Crippen LogP) is 3.96. The van der Waals surface area contributed by atoms with Crippen molar-refractivity contribution in [2.45, 2.75) is 18.9 Å².